The molecule has 0 saturated carbocycles. The first kappa shape index (κ1) is 37.6. The van der Waals surface area contributed by atoms with E-state index in [-0.39, 0.29) is 17.5 Å². The van der Waals surface area contributed by atoms with E-state index in [1.54, 1.807) is 18.2 Å². The molecule has 0 radical (unpaired) electrons. The maximum absolute atomic E-state index is 14.6. The van der Waals surface area contributed by atoms with Crippen molar-refractivity contribution in [2.24, 2.45) is 0 Å². The summed E-state index contributed by atoms with van der Waals surface area (Å²) in [5.74, 6) is -11.4. The lowest BCUT2D eigenvalue weighted by Crippen LogP contribution is -2.56. The van der Waals surface area contributed by atoms with Gasteiger partial charge in [-0.1, -0.05) is 35.9 Å². The quantitative estimate of drug-likeness (QED) is 0.113. The van der Waals surface area contributed by atoms with Gasteiger partial charge in [-0.3, -0.25) is 9.59 Å². The summed E-state index contributed by atoms with van der Waals surface area (Å²) in [6.45, 7) is -1.43. The zero-order chi connectivity index (χ0) is 38.1. The molecule has 52 heavy (non-hydrogen) atoms. The Morgan fingerprint density at radius 2 is 1.73 bits per heavy atom. The fraction of sp³-hybridized carbons (Fsp3) is 0.233. The number of carbonyl (C=O) groups is 5. The summed E-state index contributed by atoms with van der Waals surface area (Å²) < 4.78 is 60.3. The summed E-state index contributed by atoms with van der Waals surface area (Å²) in [5.41, 5.74) is -1.23. The number of fused-ring (bicyclic) bond motifs is 1. The third-order valence-electron chi connectivity index (χ3n) is 8.02. The van der Waals surface area contributed by atoms with E-state index < -0.39 is 129 Å². The number of amides is 6. The molecule has 7 N–H and O–H groups in total. The fourth-order valence-corrected chi connectivity index (χ4v) is 6.93. The second kappa shape index (κ2) is 14.9. The number of hydrogen-bond acceptors (Lipinski definition) is 11. The average Bonchev–Trinajstić information content (AvgIpc) is 3.50. The van der Waals surface area contributed by atoms with Crippen LogP contribution in [0.3, 0.4) is 0 Å². The van der Waals surface area contributed by atoms with Crippen LogP contribution in [0.25, 0.3) is 0 Å². The highest BCUT2D eigenvalue weighted by molar-refractivity contribution is 7.89. The lowest BCUT2D eigenvalue weighted by molar-refractivity contribution is -0.123. The number of aromatic hydroxyl groups is 2. The van der Waals surface area contributed by atoms with Crippen molar-refractivity contribution in [2.45, 2.75) is 18.4 Å². The van der Waals surface area contributed by atoms with E-state index in [0.29, 0.717) is 15.3 Å². The van der Waals surface area contributed by atoms with Crippen LogP contribution in [-0.4, -0.2) is 106 Å². The number of phenolic OH excluding ortho intramolecular Hbond substituents is 2. The van der Waals surface area contributed by atoms with Crippen LogP contribution >= 0.6 is 11.6 Å². The molecule has 1 saturated heterocycles. The maximum atomic E-state index is 14.6. The van der Waals surface area contributed by atoms with Gasteiger partial charge in [-0.2, -0.15) is 0 Å². The topological polar surface area (TPSA) is 252 Å². The molecular weight excluding hydrogens is 739 g/mol. The van der Waals surface area contributed by atoms with Gasteiger partial charge in [0, 0.05) is 17.7 Å². The fourth-order valence-electron chi connectivity index (χ4n) is 5.40. The first-order chi connectivity index (χ1) is 24.5. The first-order valence-electron chi connectivity index (χ1n) is 15.1. The highest BCUT2D eigenvalue weighted by atomic mass is 35.5. The minimum atomic E-state index is -4.40. The van der Waals surface area contributed by atoms with Crippen LogP contribution in [0.5, 0.6) is 17.2 Å². The molecule has 2 aliphatic rings. The molecule has 0 aromatic heterocycles. The highest BCUT2D eigenvalue weighted by Gasteiger charge is 2.43. The minimum Gasteiger partial charge on any atom is -0.534 e. The second-order valence-electron chi connectivity index (χ2n) is 11.3. The number of carbonyl (C=O) groups excluding carboxylic acids is 4. The molecule has 274 valence electrons. The van der Waals surface area contributed by atoms with E-state index in [0.717, 1.165) is 12.1 Å². The van der Waals surface area contributed by atoms with Crippen molar-refractivity contribution in [3.63, 3.8) is 0 Å². The predicted molar refractivity (Wildman–Crippen MR) is 175 cm³/mol. The van der Waals surface area contributed by atoms with Gasteiger partial charge in [0.15, 0.2) is 17.3 Å². The number of phenols is 2. The SMILES string of the molecule is O=C(NCCS(=O)(=O)N1CCN(C(=O)NC(C(=O)N[C@H]2Cc3ccc(F)c(C(=O)O)c3OB2O)c2cc(F)c(O)c(O)c2Cl)C1=O)c1ccccc1. The van der Waals surface area contributed by atoms with Crippen molar-refractivity contribution in [1.82, 2.24) is 25.2 Å². The molecule has 6 amide bonds. The standard InChI is InChI=1S/C30H27BClF2N5O12S/c32-21-16(13-18(34)23(40)24(21)41)22(27(43)36-19-12-15-6-7-17(33)20(28(44)45)25(15)51-31(19)48)37-29(46)38-9-10-39(30(38)47)52(49,50)11-8-35-26(42)14-4-2-1-3-5-14/h1-7,13,19,22,40-41,48H,8-12H2,(H,35,42)(H,36,43)(H,37,46)(H,44,45)/t19-,22?/m0/s1. The molecule has 1 unspecified atom stereocenters. The van der Waals surface area contributed by atoms with Gasteiger partial charge >= 0.3 is 25.1 Å². The Bertz CT molecular complexity index is 2080. The summed E-state index contributed by atoms with van der Waals surface area (Å²) in [6.07, 6.45) is -0.352. The van der Waals surface area contributed by atoms with E-state index in [9.17, 15) is 61.5 Å². The maximum Gasteiger partial charge on any atom is 0.547 e. The Labute approximate surface area is 297 Å². The van der Waals surface area contributed by atoms with Crippen molar-refractivity contribution >= 4 is 58.6 Å². The number of imide groups is 1. The molecule has 22 heteroatoms. The molecule has 2 aliphatic heterocycles. The van der Waals surface area contributed by atoms with Crippen molar-refractivity contribution in [1.29, 1.82) is 0 Å². The normalized spacial score (nSPS) is 16.1. The molecule has 5 rings (SSSR count). The molecule has 17 nitrogen and oxygen atoms in total. The smallest absolute Gasteiger partial charge is 0.534 e. The van der Waals surface area contributed by atoms with E-state index in [2.05, 4.69) is 16.0 Å². The predicted octanol–water partition coefficient (Wildman–Crippen LogP) is 1.12. The molecule has 2 atom stereocenters. The number of halogens is 3. The Morgan fingerprint density at radius 3 is 2.40 bits per heavy atom. The number of benzene rings is 3. The van der Waals surface area contributed by atoms with Gasteiger partial charge in [-0.05, 0) is 36.2 Å². The second-order valence-corrected chi connectivity index (χ2v) is 13.7. The van der Waals surface area contributed by atoms with Gasteiger partial charge in [-0.25, -0.2) is 40.8 Å². The van der Waals surface area contributed by atoms with Crippen molar-refractivity contribution in [3.05, 3.63) is 87.4 Å². The van der Waals surface area contributed by atoms with Gasteiger partial charge in [0.2, 0.25) is 15.9 Å². The zero-order valence-electron chi connectivity index (χ0n) is 26.4. The number of hydrogen-bond donors (Lipinski definition) is 7. The van der Waals surface area contributed by atoms with Crippen LogP contribution in [0.2, 0.25) is 5.02 Å². The number of carboxylic acids is 1. The van der Waals surface area contributed by atoms with Crippen LogP contribution in [0, 0.1) is 11.6 Å². The van der Waals surface area contributed by atoms with Crippen LogP contribution in [0.4, 0.5) is 18.4 Å². The van der Waals surface area contributed by atoms with Crippen LogP contribution < -0.4 is 20.6 Å². The summed E-state index contributed by atoms with van der Waals surface area (Å²) in [4.78, 5) is 64.5. The van der Waals surface area contributed by atoms with Gasteiger partial charge in [-0.15, -0.1) is 0 Å². The van der Waals surface area contributed by atoms with Gasteiger partial charge in [0.05, 0.1) is 29.8 Å². The van der Waals surface area contributed by atoms with Gasteiger partial charge < -0.3 is 40.9 Å². The number of urea groups is 2. The number of nitrogens with one attached hydrogen (secondary N) is 3. The number of nitrogens with zero attached hydrogens (tertiary/aromatic N) is 2. The monoisotopic (exact) mass is 765 g/mol. The third-order valence-corrected chi connectivity index (χ3v) is 10.1. The summed E-state index contributed by atoms with van der Waals surface area (Å²) in [6, 6.07) is 5.50. The van der Waals surface area contributed by atoms with Gasteiger partial charge in [0.25, 0.3) is 5.91 Å². The van der Waals surface area contributed by atoms with E-state index in [1.165, 1.54) is 12.1 Å². The molecule has 3 aromatic carbocycles. The van der Waals surface area contributed by atoms with Crippen LogP contribution in [0.15, 0.2) is 48.5 Å². The summed E-state index contributed by atoms with van der Waals surface area (Å²) in [7, 11) is -6.40. The number of rotatable bonds is 10. The highest BCUT2D eigenvalue weighted by Crippen LogP contribution is 2.41. The van der Waals surface area contributed by atoms with Crippen LogP contribution in [0.1, 0.15) is 37.9 Å². The molecule has 1 fully saturated rings. The average molecular weight is 766 g/mol. The Hall–Kier alpha value is -5.67. The van der Waals surface area contributed by atoms with Crippen LogP contribution in [-0.2, 0) is 21.2 Å². The van der Waals surface area contributed by atoms with E-state index in [1.807, 2.05) is 0 Å². The first-order valence-corrected chi connectivity index (χ1v) is 17.1. The zero-order valence-corrected chi connectivity index (χ0v) is 28.0. The largest absolute Gasteiger partial charge is 0.547 e. The van der Waals surface area contributed by atoms with Gasteiger partial charge in [0.1, 0.15) is 23.2 Å². The number of carboxylic acid groups (broad SMARTS) is 1. The summed E-state index contributed by atoms with van der Waals surface area (Å²) in [5, 5.41) is 46.0. The number of sulfonamides is 1. The molecule has 3 aromatic rings. The molecule has 0 bridgehead atoms. The van der Waals surface area contributed by atoms with E-state index >= 15 is 0 Å². The molecule has 0 aliphatic carbocycles. The molecule has 2 heterocycles. The van der Waals surface area contributed by atoms with E-state index in [4.69, 9.17) is 16.3 Å². The molecule has 0 spiro atoms. The minimum absolute atomic E-state index is 0.0462. The summed E-state index contributed by atoms with van der Waals surface area (Å²) >= 11 is 6.10. The lowest BCUT2D eigenvalue weighted by atomic mass is 9.72. The number of aromatic carboxylic acids is 1. The lowest BCUT2D eigenvalue weighted by Gasteiger charge is -2.31. The Balaban J connectivity index is 1.33. The van der Waals surface area contributed by atoms with Crippen molar-refractivity contribution in [3.8, 4) is 17.2 Å². The Kier molecular flexibility index (Phi) is 10.8. The molecular formula is C30H27BClF2N5O12S. The Morgan fingerprint density at radius 1 is 1.04 bits per heavy atom. The van der Waals surface area contributed by atoms with Crippen molar-refractivity contribution < 1.29 is 66.2 Å². The van der Waals surface area contributed by atoms with Crippen molar-refractivity contribution in [2.75, 3.05) is 25.4 Å². The third kappa shape index (κ3) is 7.50.